The topological polar surface area (TPSA) is 0 Å². The summed E-state index contributed by atoms with van der Waals surface area (Å²) in [5.41, 5.74) is 0. The van der Waals surface area contributed by atoms with Gasteiger partial charge in [0.25, 0.3) is 0 Å². The van der Waals surface area contributed by atoms with Gasteiger partial charge in [0.2, 0.25) is 0 Å². The maximum absolute atomic E-state index is 2.23. The van der Waals surface area contributed by atoms with E-state index in [4.69, 9.17) is 0 Å². The van der Waals surface area contributed by atoms with Gasteiger partial charge in [0.05, 0.1) is 0 Å². The summed E-state index contributed by atoms with van der Waals surface area (Å²) in [5.74, 6) is 2.57. The van der Waals surface area contributed by atoms with Gasteiger partial charge < -0.3 is 0 Å². The Morgan fingerprint density at radius 2 is 1.36 bits per heavy atom. The van der Waals surface area contributed by atoms with E-state index in [-0.39, 0.29) is 0 Å². The zero-order chi connectivity index (χ0) is 7.84. The Hall–Kier alpha value is 0.400. The van der Waals surface area contributed by atoms with Crippen LogP contribution in [0.4, 0.5) is 0 Å². The summed E-state index contributed by atoms with van der Waals surface area (Å²) in [6.45, 7) is 4.46. The van der Waals surface area contributed by atoms with Crippen molar-refractivity contribution in [1.82, 2.24) is 0 Å². The third kappa shape index (κ3) is 1.34. The highest BCUT2D eigenvalue weighted by Gasteiger charge is 2.17. The minimum atomic E-state index is 1.29. The van der Waals surface area contributed by atoms with Crippen molar-refractivity contribution in [2.75, 3.05) is 11.5 Å². The summed E-state index contributed by atoms with van der Waals surface area (Å²) in [5, 5.41) is 0. The van der Waals surface area contributed by atoms with E-state index in [0.29, 0.717) is 0 Å². The molecule has 1 aromatic rings. The smallest absolute Gasteiger partial charge is 0.0348 e. The maximum atomic E-state index is 2.23. The van der Waals surface area contributed by atoms with Crippen LogP contribution in [-0.4, -0.2) is 11.5 Å². The number of thioether (sulfide) groups is 2. The zero-order valence-corrected chi connectivity index (χ0v) is 9.09. The van der Waals surface area contributed by atoms with E-state index in [1.807, 2.05) is 34.9 Å². The first-order valence-electron chi connectivity index (χ1n) is 3.64. The van der Waals surface area contributed by atoms with Gasteiger partial charge in [-0.1, -0.05) is 0 Å². The summed E-state index contributed by atoms with van der Waals surface area (Å²) < 4.78 is 0. The molecule has 0 aliphatic carbocycles. The van der Waals surface area contributed by atoms with E-state index < -0.39 is 0 Å². The molecule has 0 atom stereocenters. The fourth-order valence-electron chi connectivity index (χ4n) is 1.26. The van der Waals surface area contributed by atoms with Crippen molar-refractivity contribution in [2.45, 2.75) is 23.6 Å². The highest BCUT2D eigenvalue weighted by atomic mass is 32.2. The largest absolute Gasteiger partial charge is 0.144 e. The SMILES string of the molecule is Cc1sc(C)c2c1SCCS2. The third-order valence-corrected chi connectivity index (χ3v) is 5.81. The van der Waals surface area contributed by atoms with E-state index in [1.165, 1.54) is 21.3 Å². The van der Waals surface area contributed by atoms with E-state index in [0.717, 1.165) is 0 Å². The fraction of sp³-hybridized carbons (Fsp3) is 0.500. The summed E-state index contributed by atoms with van der Waals surface area (Å²) in [6, 6.07) is 0. The van der Waals surface area contributed by atoms with Crippen LogP contribution < -0.4 is 0 Å². The van der Waals surface area contributed by atoms with Gasteiger partial charge in [-0.15, -0.1) is 34.9 Å². The lowest BCUT2D eigenvalue weighted by atomic mass is 10.4. The van der Waals surface area contributed by atoms with Crippen LogP contribution in [-0.2, 0) is 0 Å². The van der Waals surface area contributed by atoms with Crippen molar-refractivity contribution in [3.05, 3.63) is 9.75 Å². The van der Waals surface area contributed by atoms with Crippen LogP contribution >= 0.6 is 34.9 Å². The van der Waals surface area contributed by atoms with Crippen molar-refractivity contribution in [1.29, 1.82) is 0 Å². The Bertz CT molecular complexity index is 249. The number of thiophene rings is 1. The van der Waals surface area contributed by atoms with Crippen LogP contribution in [0.25, 0.3) is 0 Å². The second kappa shape index (κ2) is 3.04. The van der Waals surface area contributed by atoms with Crippen molar-refractivity contribution in [3.8, 4) is 0 Å². The molecule has 11 heavy (non-hydrogen) atoms. The Morgan fingerprint density at radius 3 is 1.82 bits per heavy atom. The molecule has 0 aromatic carbocycles. The molecule has 2 heterocycles. The molecule has 0 bridgehead atoms. The Kier molecular flexibility index (Phi) is 2.21. The van der Waals surface area contributed by atoms with Crippen molar-refractivity contribution < 1.29 is 0 Å². The molecule has 0 fully saturated rings. The molecule has 0 unspecified atom stereocenters. The Labute approximate surface area is 79.8 Å². The summed E-state index contributed by atoms with van der Waals surface area (Å²) >= 11 is 5.99. The average molecular weight is 202 g/mol. The molecule has 60 valence electrons. The monoisotopic (exact) mass is 202 g/mol. The van der Waals surface area contributed by atoms with Crippen molar-refractivity contribution in [2.24, 2.45) is 0 Å². The average Bonchev–Trinajstić information content (AvgIpc) is 2.30. The van der Waals surface area contributed by atoms with E-state index in [2.05, 4.69) is 13.8 Å². The van der Waals surface area contributed by atoms with Crippen molar-refractivity contribution >= 4 is 34.9 Å². The molecule has 3 heteroatoms. The Balaban J connectivity index is 2.52. The lowest BCUT2D eigenvalue weighted by molar-refractivity contribution is 1.20. The first kappa shape index (κ1) is 8.02. The number of aryl methyl sites for hydroxylation is 2. The van der Waals surface area contributed by atoms with Crippen LogP contribution in [0.15, 0.2) is 9.79 Å². The second-order valence-electron chi connectivity index (χ2n) is 2.57. The molecule has 1 aliphatic heterocycles. The quantitative estimate of drug-likeness (QED) is 0.631. The molecule has 0 radical (unpaired) electrons. The van der Waals surface area contributed by atoms with Gasteiger partial charge in [0.15, 0.2) is 0 Å². The van der Waals surface area contributed by atoms with Gasteiger partial charge in [-0.05, 0) is 13.8 Å². The number of rotatable bonds is 0. The molecule has 0 nitrogen and oxygen atoms in total. The zero-order valence-electron chi connectivity index (χ0n) is 6.64. The van der Waals surface area contributed by atoms with Crippen LogP contribution in [0, 0.1) is 13.8 Å². The van der Waals surface area contributed by atoms with Gasteiger partial charge in [0.1, 0.15) is 0 Å². The van der Waals surface area contributed by atoms with Crippen LogP contribution in [0.3, 0.4) is 0 Å². The van der Waals surface area contributed by atoms with E-state index in [1.54, 1.807) is 9.79 Å². The van der Waals surface area contributed by atoms with Gasteiger partial charge in [0, 0.05) is 31.1 Å². The number of hydrogen-bond acceptors (Lipinski definition) is 3. The third-order valence-electron chi connectivity index (χ3n) is 1.73. The summed E-state index contributed by atoms with van der Waals surface area (Å²) in [4.78, 5) is 6.14. The Morgan fingerprint density at radius 1 is 0.909 bits per heavy atom. The highest BCUT2D eigenvalue weighted by molar-refractivity contribution is 8.06. The number of fused-ring (bicyclic) bond motifs is 1. The molecule has 2 rings (SSSR count). The van der Waals surface area contributed by atoms with Crippen LogP contribution in [0.5, 0.6) is 0 Å². The normalized spacial score (nSPS) is 16.5. The first-order chi connectivity index (χ1) is 5.29. The predicted octanol–water partition coefficient (Wildman–Crippen LogP) is 3.56. The molecule has 0 N–H and O–H groups in total. The van der Waals surface area contributed by atoms with E-state index >= 15 is 0 Å². The van der Waals surface area contributed by atoms with E-state index in [9.17, 15) is 0 Å². The molecule has 0 spiro atoms. The molecular formula is C8H10S3. The molecule has 0 saturated carbocycles. The van der Waals surface area contributed by atoms with Crippen LogP contribution in [0.2, 0.25) is 0 Å². The predicted molar refractivity (Wildman–Crippen MR) is 55.2 cm³/mol. The van der Waals surface area contributed by atoms with Gasteiger partial charge in [-0.25, -0.2) is 0 Å². The van der Waals surface area contributed by atoms with Gasteiger partial charge >= 0.3 is 0 Å². The summed E-state index contributed by atoms with van der Waals surface area (Å²) in [7, 11) is 0. The molecule has 0 amide bonds. The maximum Gasteiger partial charge on any atom is 0.0348 e. The fourth-order valence-corrected chi connectivity index (χ4v) is 5.25. The molecular weight excluding hydrogens is 192 g/mol. The minimum absolute atomic E-state index is 1.29. The van der Waals surface area contributed by atoms with Gasteiger partial charge in [-0.3, -0.25) is 0 Å². The minimum Gasteiger partial charge on any atom is -0.144 e. The molecule has 1 aromatic heterocycles. The van der Waals surface area contributed by atoms with Crippen molar-refractivity contribution in [3.63, 3.8) is 0 Å². The lowest BCUT2D eigenvalue weighted by Gasteiger charge is -2.11. The van der Waals surface area contributed by atoms with Gasteiger partial charge in [-0.2, -0.15) is 0 Å². The lowest BCUT2D eigenvalue weighted by Crippen LogP contribution is -1.92. The molecule has 0 saturated heterocycles. The molecule has 1 aliphatic rings. The number of hydrogen-bond donors (Lipinski definition) is 0. The van der Waals surface area contributed by atoms with Crippen LogP contribution in [0.1, 0.15) is 9.75 Å². The second-order valence-corrected chi connectivity index (χ2v) is 6.21. The highest BCUT2D eigenvalue weighted by Crippen LogP contribution is 2.44. The standard InChI is InChI=1S/C8H10S3/c1-5-7-8(6(2)11-5)10-4-3-9-7/h3-4H2,1-2H3. The first-order valence-corrected chi connectivity index (χ1v) is 6.43. The summed E-state index contributed by atoms with van der Waals surface area (Å²) in [6.07, 6.45) is 0.